The maximum Gasteiger partial charge on any atom is 0.227 e. The Morgan fingerprint density at radius 3 is 2.50 bits per heavy atom. The molecule has 0 spiro atoms. The van der Waals surface area contributed by atoms with Gasteiger partial charge in [-0.2, -0.15) is 0 Å². The zero-order valence-electron chi connectivity index (χ0n) is 11.7. The number of carbonyl (C=O) groups excluding carboxylic acids is 1. The second kappa shape index (κ2) is 6.27. The highest BCUT2D eigenvalue weighted by Crippen LogP contribution is 2.29. The Balaban J connectivity index is 1.49. The van der Waals surface area contributed by atoms with Crippen LogP contribution in [0.2, 0.25) is 0 Å². The van der Waals surface area contributed by atoms with Gasteiger partial charge in [-0.3, -0.25) is 4.79 Å². The fraction of sp³-hybridized carbons (Fsp3) is 0.562. The van der Waals surface area contributed by atoms with E-state index < -0.39 is 0 Å². The van der Waals surface area contributed by atoms with Gasteiger partial charge in [-0.05, 0) is 69.0 Å². The standard InChI is InChI=1S/C16H22N2O2/c19-16(13-7-9-17-10-8-13)18-14-3-5-15(6-4-14)20-11-12-1-2-12/h3-6,12-13,17H,1-2,7-11H2,(H,18,19). The van der Waals surface area contributed by atoms with Crippen LogP contribution in [0.3, 0.4) is 0 Å². The van der Waals surface area contributed by atoms with Gasteiger partial charge in [0.2, 0.25) is 5.91 Å². The fourth-order valence-electron chi connectivity index (χ4n) is 2.46. The Morgan fingerprint density at radius 2 is 1.85 bits per heavy atom. The summed E-state index contributed by atoms with van der Waals surface area (Å²) in [4.78, 5) is 12.1. The molecule has 1 heterocycles. The van der Waals surface area contributed by atoms with E-state index in [0.29, 0.717) is 0 Å². The van der Waals surface area contributed by atoms with Crippen molar-refractivity contribution >= 4 is 11.6 Å². The summed E-state index contributed by atoms with van der Waals surface area (Å²) in [5, 5.41) is 6.27. The summed E-state index contributed by atoms with van der Waals surface area (Å²) in [5.41, 5.74) is 0.854. The van der Waals surface area contributed by atoms with Gasteiger partial charge < -0.3 is 15.4 Å². The summed E-state index contributed by atoms with van der Waals surface area (Å²) in [6.45, 7) is 2.69. The molecule has 1 aromatic carbocycles. The molecule has 4 heteroatoms. The molecule has 1 saturated carbocycles. The summed E-state index contributed by atoms with van der Waals surface area (Å²) in [6, 6.07) is 7.70. The molecule has 1 aliphatic heterocycles. The number of ether oxygens (including phenoxy) is 1. The van der Waals surface area contributed by atoms with Gasteiger partial charge in [0, 0.05) is 11.6 Å². The summed E-state index contributed by atoms with van der Waals surface area (Å²) >= 11 is 0. The number of anilines is 1. The SMILES string of the molecule is O=C(Nc1ccc(OCC2CC2)cc1)C1CCNCC1. The lowest BCUT2D eigenvalue weighted by molar-refractivity contribution is -0.120. The van der Waals surface area contributed by atoms with Crippen molar-refractivity contribution in [2.75, 3.05) is 25.0 Å². The topological polar surface area (TPSA) is 50.4 Å². The molecule has 1 saturated heterocycles. The summed E-state index contributed by atoms with van der Waals surface area (Å²) < 4.78 is 5.69. The second-order valence-electron chi connectivity index (χ2n) is 5.79. The molecule has 20 heavy (non-hydrogen) atoms. The molecule has 0 aromatic heterocycles. The van der Waals surface area contributed by atoms with Gasteiger partial charge in [0.05, 0.1) is 6.61 Å². The average molecular weight is 274 g/mol. The zero-order chi connectivity index (χ0) is 13.8. The lowest BCUT2D eigenvalue weighted by Gasteiger charge is -2.21. The average Bonchev–Trinajstić information content (AvgIpc) is 3.32. The molecule has 2 fully saturated rings. The molecule has 1 amide bonds. The number of carbonyl (C=O) groups is 1. The minimum atomic E-state index is 0.137. The molecule has 1 aliphatic carbocycles. The van der Waals surface area contributed by atoms with Gasteiger partial charge in [-0.25, -0.2) is 0 Å². The van der Waals surface area contributed by atoms with Crippen molar-refractivity contribution < 1.29 is 9.53 Å². The smallest absolute Gasteiger partial charge is 0.227 e. The van der Waals surface area contributed by atoms with Crippen molar-refractivity contribution in [2.45, 2.75) is 25.7 Å². The molecular weight excluding hydrogens is 252 g/mol. The molecule has 108 valence electrons. The highest BCUT2D eigenvalue weighted by atomic mass is 16.5. The van der Waals surface area contributed by atoms with E-state index in [9.17, 15) is 4.79 Å². The van der Waals surface area contributed by atoms with Crippen LogP contribution in [0.5, 0.6) is 5.75 Å². The Bertz CT molecular complexity index is 448. The molecule has 0 bridgehead atoms. The number of amides is 1. The molecular formula is C16H22N2O2. The third kappa shape index (κ3) is 3.73. The van der Waals surface area contributed by atoms with Crippen molar-refractivity contribution in [3.05, 3.63) is 24.3 Å². The number of benzene rings is 1. The molecule has 3 rings (SSSR count). The van der Waals surface area contributed by atoms with Crippen LogP contribution in [0.4, 0.5) is 5.69 Å². The molecule has 2 aliphatic rings. The molecule has 1 aromatic rings. The minimum absolute atomic E-state index is 0.137. The molecule has 4 nitrogen and oxygen atoms in total. The maximum absolute atomic E-state index is 12.1. The van der Waals surface area contributed by atoms with Crippen LogP contribution in [-0.2, 0) is 4.79 Å². The van der Waals surface area contributed by atoms with E-state index in [2.05, 4.69) is 10.6 Å². The second-order valence-corrected chi connectivity index (χ2v) is 5.79. The number of hydrogen-bond acceptors (Lipinski definition) is 3. The maximum atomic E-state index is 12.1. The predicted octanol–water partition coefficient (Wildman–Crippen LogP) is 2.41. The molecule has 0 unspecified atom stereocenters. The number of rotatable bonds is 5. The van der Waals surface area contributed by atoms with E-state index in [1.807, 2.05) is 24.3 Å². The van der Waals surface area contributed by atoms with E-state index in [1.165, 1.54) is 12.8 Å². The third-order valence-corrected chi connectivity index (χ3v) is 4.01. The van der Waals surface area contributed by atoms with Gasteiger partial charge in [-0.1, -0.05) is 0 Å². The Morgan fingerprint density at radius 1 is 1.15 bits per heavy atom. The summed E-state index contributed by atoms with van der Waals surface area (Å²) in [7, 11) is 0. The van der Waals surface area contributed by atoms with Crippen LogP contribution < -0.4 is 15.4 Å². The highest BCUT2D eigenvalue weighted by Gasteiger charge is 2.22. The molecule has 0 radical (unpaired) electrons. The number of piperidine rings is 1. The zero-order valence-corrected chi connectivity index (χ0v) is 11.7. The normalized spacial score (nSPS) is 19.6. The van der Waals surface area contributed by atoms with Crippen LogP contribution in [0, 0.1) is 11.8 Å². The molecule has 2 N–H and O–H groups in total. The van der Waals surface area contributed by atoms with E-state index in [-0.39, 0.29) is 11.8 Å². The third-order valence-electron chi connectivity index (χ3n) is 4.01. The van der Waals surface area contributed by atoms with Gasteiger partial charge in [-0.15, -0.1) is 0 Å². The van der Waals surface area contributed by atoms with Crippen molar-refractivity contribution in [2.24, 2.45) is 11.8 Å². The minimum Gasteiger partial charge on any atom is -0.493 e. The first-order valence-corrected chi connectivity index (χ1v) is 7.56. The Kier molecular flexibility index (Phi) is 4.21. The van der Waals surface area contributed by atoms with Crippen LogP contribution in [0.1, 0.15) is 25.7 Å². The highest BCUT2D eigenvalue weighted by molar-refractivity contribution is 5.92. The van der Waals surface area contributed by atoms with Crippen LogP contribution in [0.15, 0.2) is 24.3 Å². The lowest BCUT2D eigenvalue weighted by Crippen LogP contribution is -2.34. The fourth-order valence-corrected chi connectivity index (χ4v) is 2.46. The summed E-state index contributed by atoms with van der Waals surface area (Å²) in [6.07, 6.45) is 4.44. The van der Waals surface area contributed by atoms with Crippen molar-refractivity contribution in [1.29, 1.82) is 0 Å². The predicted molar refractivity (Wildman–Crippen MR) is 78.9 cm³/mol. The number of nitrogens with one attached hydrogen (secondary N) is 2. The van der Waals surface area contributed by atoms with Crippen molar-refractivity contribution in [1.82, 2.24) is 5.32 Å². The van der Waals surface area contributed by atoms with Gasteiger partial charge in [0.15, 0.2) is 0 Å². The van der Waals surface area contributed by atoms with E-state index in [4.69, 9.17) is 4.74 Å². The summed E-state index contributed by atoms with van der Waals surface area (Å²) in [5.74, 6) is 1.92. The van der Waals surface area contributed by atoms with Crippen LogP contribution >= 0.6 is 0 Å². The number of hydrogen-bond donors (Lipinski definition) is 2. The van der Waals surface area contributed by atoms with Crippen LogP contribution in [-0.4, -0.2) is 25.6 Å². The first-order valence-electron chi connectivity index (χ1n) is 7.56. The first kappa shape index (κ1) is 13.4. The largest absolute Gasteiger partial charge is 0.493 e. The lowest BCUT2D eigenvalue weighted by atomic mass is 9.97. The van der Waals surface area contributed by atoms with E-state index >= 15 is 0 Å². The van der Waals surface area contributed by atoms with Gasteiger partial charge >= 0.3 is 0 Å². The quantitative estimate of drug-likeness (QED) is 0.867. The Hall–Kier alpha value is -1.55. The van der Waals surface area contributed by atoms with Crippen molar-refractivity contribution in [3.63, 3.8) is 0 Å². The Labute approximate surface area is 119 Å². The monoisotopic (exact) mass is 274 g/mol. The van der Waals surface area contributed by atoms with E-state index in [1.54, 1.807) is 0 Å². The van der Waals surface area contributed by atoms with Gasteiger partial charge in [0.25, 0.3) is 0 Å². The van der Waals surface area contributed by atoms with E-state index in [0.717, 1.165) is 49.9 Å². The van der Waals surface area contributed by atoms with Crippen molar-refractivity contribution in [3.8, 4) is 5.75 Å². The van der Waals surface area contributed by atoms with Crippen LogP contribution in [0.25, 0.3) is 0 Å². The van der Waals surface area contributed by atoms with Gasteiger partial charge in [0.1, 0.15) is 5.75 Å². The first-order chi connectivity index (χ1) is 9.81. The molecule has 0 atom stereocenters.